The van der Waals surface area contributed by atoms with Gasteiger partial charge in [0.15, 0.2) is 0 Å². The Balaban J connectivity index is 2.25. The van der Waals surface area contributed by atoms with Gasteiger partial charge in [0, 0.05) is 12.1 Å². The molecule has 2 aromatic carbocycles. The molecule has 20 heavy (non-hydrogen) atoms. The Kier molecular flexibility index (Phi) is 2.95. The number of nitrogens with zero attached hydrogens (tertiary/aromatic N) is 2. The molecule has 0 saturated heterocycles. The average Bonchev–Trinajstić information content (AvgIpc) is 2.82. The number of hydrogen-bond donors (Lipinski definition) is 1. The van der Waals surface area contributed by atoms with Gasteiger partial charge in [-0.2, -0.15) is 0 Å². The van der Waals surface area contributed by atoms with E-state index in [0.717, 1.165) is 28.2 Å². The summed E-state index contributed by atoms with van der Waals surface area (Å²) in [6, 6.07) is 13.3. The number of aromatic nitrogens is 2. The summed E-state index contributed by atoms with van der Waals surface area (Å²) in [5.74, 6) is 1.97. The SMILES string of the molecule is COc1cccc(-n2c(N)nc3ccc(OC)cc32)c1. The van der Waals surface area contributed by atoms with Crippen LogP contribution in [0.2, 0.25) is 0 Å². The number of anilines is 1. The van der Waals surface area contributed by atoms with Gasteiger partial charge in [0.25, 0.3) is 0 Å². The lowest BCUT2D eigenvalue weighted by Gasteiger charge is -2.09. The van der Waals surface area contributed by atoms with Gasteiger partial charge in [0.05, 0.1) is 30.9 Å². The summed E-state index contributed by atoms with van der Waals surface area (Å²) in [7, 11) is 3.27. The van der Waals surface area contributed by atoms with Crippen LogP contribution in [-0.4, -0.2) is 23.8 Å². The van der Waals surface area contributed by atoms with Gasteiger partial charge < -0.3 is 15.2 Å². The van der Waals surface area contributed by atoms with Crippen molar-refractivity contribution in [2.24, 2.45) is 0 Å². The van der Waals surface area contributed by atoms with Crippen LogP contribution in [-0.2, 0) is 0 Å². The molecule has 0 aliphatic rings. The molecule has 0 saturated carbocycles. The standard InChI is InChI=1S/C15H15N3O2/c1-19-11-5-3-4-10(8-11)18-14-9-12(20-2)6-7-13(14)17-15(18)16/h3-9H,1-2H3,(H2,16,17). The van der Waals surface area contributed by atoms with Crippen LogP contribution in [0.3, 0.4) is 0 Å². The van der Waals surface area contributed by atoms with Gasteiger partial charge in [-0.05, 0) is 24.3 Å². The van der Waals surface area contributed by atoms with Crippen molar-refractivity contribution >= 4 is 17.0 Å². The average molecular weight is 269 g/mol. The second kappa shape index (κ2) is 4.77. The molecule has 1 heterocycles. The van der Waals surface area contributed by atoms with Crippen molar-refractivity contribution in [3.05, 3.63) is 42.5 Å². The summed E-state index contributed by atoms with van der Waals surface area (Å²) < 4.78 is 12.4. The Morgan fingerprint density at radius 2 is 1.75 bits per heavy atom. The molecule has 0 radical (unpaired) electrons. The van der Waals surface area contributed by atoms with E-state index in [9.17, 15) is 0 Å². The van der Waals surface area contributed by atoms with Gasteiger partial charge in [0.2, 0.25) is 5.95 Å². The van der Waals surface area contributed by atoms with Crippen LogP contribution in [0.1, 0.15) is 0 Å². The van der Waals surface area contributed by atoms with Crippen LogP contribution in [0.4, 0.5) is 5.95 Å². The fraction of sp³-hybridized carbons (Fsp3) is 0.133. The van der Waals surface area contributed by atoms with Crippen LogP contribution in [0.15, 0.2) is 42.5 Å². The van der Waals surface area contributed by atoms with E-state index in [0.29, 0.717) is 5.95 Å². The fourth-order valence-electron chi connectivity index (χ4n) is 2.22. The Morgan fingerprint density at radius 1 is 1.00 bits per heavy atom. The number of nitrogens with two attached hydrogens (primary N) is 1. The van der Waals surface area contributed by atoms with Crippen LogP contribution in [0.25, 0.3) is 16.7 Å². The zero-order chi connectivity index (χ0) is 14.1. The third kappa shape index (κ3) is 1.93. The van der Waals surface area contributed by atoms with Gasteiger partial charge >= 0.3 is 0 Å². The van der Waals surface area contributed by atoms with Gasteiger partial charge in [-0.15, -0.1) is 0 Å². The summed E-state index contributed by atoms with van der Waals surface area (Å²) in [6.07, 6.45) is 0. The van der Waals surface area contributed by atoms with Gasteiger partial charge in [-0.3, -0.25) is 4.57 Å². The Hall–Kier alpha value is -2.69. The lowest BCUT2D eigenvalue weighted by atomic mass is 10.2. The predicted molar refractivity (Wildman–Crippen MR) is 78.6 cm³/mol. The molecule has 0 spiro atoms. The maximum absolute atomic E-state index is 6.04. The molecule has 0 fully saturated rings. The molecule has 0 aliphatic carbocycles. The molecule has 0 unspecified atom stereocenters. The molecule has 2 N–H and O–H groups in total. The number of ether oxygens (including phenoxy) is 2. The van der Waals surface area contributed by atoms with Crippen LogP contribution in [0, 0.1) is 0 Å². The first-order chi connectivity index (χ1) is 9.72. The molecule has 3 rings (SSSR count). The predicted octanol–water partition coefficient (Wildman–Crippen LogP) is 2.62. The molecule has 0 amide bonds. The van der Waals surface area contributed by atoms with E-state index in [2.05, 4.69) is 4.98 Å². The van der Waals surface area contributed by atoms with E-state index < -0.39 is 0 Å². The van der Waals surface area contributed by atoms with E-state index in [1.165, 1.54) is 0 Å². The van der Waals surface area contributed by atoms with Gasteiger partial charge in [0.1, 0.15) is 11.5 Å². The largest absolute Gasteiger partial charge is 0.497 e. The molecule has 3 aromatic rings. The van der Waals surface area contributed by atoms with Crippen molar-refractivity contribution in [3.63, 3.8) is 0 Å². The highest BCUT2D eigenvalue weighted by Crippen LogP contribution is 2.27. The van der Waals surface area contributed by atoms with Crippen LogP contribution < -0.4 is 15.2 Å². The zero-order valence-corrected chi connectivity index (χ0v) is 11.3. The van der Waals surface area contributed by atoms with E-state index in [-0.39, 0.29) is 0 Å². The van der Waals surface area contributed by atoms with E-state index >= 15 is 0 Å². The number of imidazole rings is 1. The van der Waals surface area contributed by atoms with Crippen molar-refractivity contribution in [1.29, 1.82) is 0 Å². The number of rotatable bonds is 3. The Bertz CT molecular complexity index is 765. The first-order valence-corrected chi connectivity index (χ1v) is 6.19. The number of benzene rings is 2. The van der Waals surface area contributed by atoms with Crippen molar-refractivity contribution < 1.29 is 9.47 Å². The van der Waals surface area contributed by atoms with E-state index in [4.69, 9.17) is 15.2 Å². The third-order valence-electron chi connectivity index (χ3n) is 3.20. The van der Waals surface area contributed by atoms with Crippen LogP contribution >= 0.6 is 0 Å². The lowest BCUT2D eigenvalue weighted by molar-refractivity contribution is 0.414. The third-order valence-corrected chi connectivity index (χ3v) is 3.20. The molecule has 5 nitrogen and oxygen atoms in total. The number of nitrogen functional groups attached to an aromatic ring is 1. The highest BCUT2D eigenvalue weighted by Gasteiger charge is 2.11. The van der Waals surface area contributed by atoms with Crippen LogP contribution in [0.5, 0.6) is 11.5 Å². The van der Waals surface area contributed by atoms with Crippen molar-refractivity contribution in [2.45, 2.75) is 0 Å². The molecule has 0 atom stereocenters. The molecular weight excluding hydrogens is 254 g/mol. The zero-order valence-electron chi connectivity index (χ0n) is 11.3. The summed E-state index contributed by atoms with van der Waals surface area (Å²) in [6.45, 7) is 0. The van der Waals surface area contributed by atoms with Crippen molar-refractivity contribution in [1.82, 2.24) is 9.55 Å². The second-order valence-electron chi connectivity index (χ2n) is 4.36. The minimum absolute atomic E-state index is 0.432. The summed E-state index contributed by atoms with van der Waals surface area (Å²) in [5.41, 5.74) is 8.66. The minimum Gasteiger partial charge on any atom is -0.497 e. The van der Waals surface area contributed by atoms with E-state index in [1.54, 1.807) is 14.2 Å². The number of fused-ring (bicyclic) bond motifs is 1. The van der Waals surface area contributed by atoms with Crippen molar-refractivity contribution in [2.75, 3.05) is 20.0 Å². The fourth-order valence-corrected chi connectivity index (χ4v) is 2.22. The molecule has 1 aromatic heterocycles. The molecule has 5 heteroatoms. The van der Waals surface area contributed by atoms with Gasteiger partial charge in [-0.25, -0.2) is 4.98 Å². The maximum Gasteiger partial charge on any atom is 0.205 e. The Labute approximate surface area is 116 Å². The summed E-state index contributed by atoms with van der Waals surface area (Å²) >= 11 is 0. The normalized spacial score (nSPS) is 10.7. The smallest absolute Gasteiger partial charge is 0.205 e. The minimum atomic E-state index is 0.432. The maximum atomic E-state index is 6.04. The van der Waals surface area contributed by atoms with Gasteiger partial charge in [-0.1, -0.05) is 6.07 Å². The molecular formula is C15H15N3O2. The summed E-state index contributed by atoms with van der Waals surface area (Å²) in [4.78, 5) is 4.36. The molecule has 0 aliphatic heterocycles. The van der Waals surface area contributed by atoms with Crippen molar-refractivity contribution in [3.8, 4) is 17.2 Å². The summed E-state index contributed by atoms with van der Waals surface area (Å²) in [5, 5.41) is 0. The lowest BCUT2D eigenvalue weighted by Crippen LogP contribution is -2.00. The monoisotopic (exact) mass is 269 g/mol. The highest BCUT2D eigenvalue weighted by atomic mass is 16.5. The Morgan fingerprint density at radius 3 is 2.50 bits per heavy atom. The first kappa shape index (κ1) is 12.3. The second-order valence-corrected chi connectivity index (χ2v) is 4.36. The first-order valence-electron chi connectivity index (χ1n) is 6.19. The molecule has 0 bridgehead atoms. The molecule has 102 valence electrons. The highest BCUT2D eigenvalue weighted by molar-refractivity contribution is 5.82. The topological polar surface area (TPSA) is 62.3 Å². The number of methoxy groups -OCH3 is 2. The van der Waals surface area contributed by atoms with E-state index in [1.807, 2.05) is 47.0 Å². The quantitative estimate of drug-likeness (QED) is 0.794. The number of hydrogen-bond acceptors (Lipinski definition) is 4.